The summed E-state index contributed by atoms with van der Waals surface area (Å²) in [4.78, 5) is 4.45. The summed E-state index contributed by atoms with van der Waals surface area (Å²) in [7, 11) is 3.37. The first-order valence-electron chi connectivity index (χ1n) is 19.0. The van der Waals surface area contributed by atoms with Crippen LogP contribution in [0.2, 0.25) is 10.0 Å². The molecule has 0 aromatic heterocycles. The zero-order chi connectivity index (χ0) is 39.6. The van der Waals surface area contributed by atoms with Crippen molar-refractivity contribution in [3.8, 4) is 33.8 Å². The second-order valence-corrected chi connectivity index (χ2v) is 14.8. The predicted octanol–water partition coefficient (Wildman–Crippen LogP) is 15.6. The molecular formula is C52H38Cl2N2O2. The zero-order valence-electron chi connectivity index (χ0n) is 31.9. The molecule has 0 heterocycles. The van der Waals surface area contributed by atoms with E-state index in [0.29, 0.717) is 10.0 Å². The van der Waals surface area contributed by atoms with Gasteiger partial charge in [-0.2, -0.15) is 0 Å². The van der Waals surface area contributed by atoms with Crippen LogP contribution in [0.15, 0.2) is 194 Å². The van der Waals surface area contributed by atoms with Gasteiger partial charge in [-0.25, -0.2) is 0 Å². The topological polar surface area (TPSA) is 24.9 Å². The van der Waals surface area contributed by atoms with E-state index >= 15 is 0 Å². The van der Waals surface area contributed by atoms with E-state index in [1.165, 1.54) is 32.7 Å². The average Bonchev–Trinajstić information content (AvgIpc) is 3.28. The van der Waals surface area contributed by atoms with E-state index in [-0.39, 0.29) is 0 Å². The lowest BCUT2D eigenvalue weighted by molar-refractivity contribution is 0.414. The molecule has 0 saturated carbocycles. The molecule has 6 heteroatoms. The van der Waals surface area contributed by atoms with Gasteiger partial charge >= 0.3 is 0 Å². The Balaban J connectivity index is 1.14. The first kappa shape index (κ1) is 36.9. The highest BCUT2D eigenvalue weighted by atomic mass is 35.5. The molecule has 0 atom stereocenters. The summed E-state index contributed by atoms with van der Waals surface area (Å²) in [6.45, 7) is 0. The summed E-state index contributed by atoms with van der Waals surface area (Å²) >= 11 is 12.6. The van der Waals surface area contributed by atoms with Gasteiger partial charge in [0.2, 0.25) is 0 Å². The minimum absolute atomic E-state index is 0.695. The van der Waals surface area contributed by atoms with E-state index in [0.717, 1.165) is 56.8 Å². The Hall–Kier alpha value is -6.72. The molecule has 58 heavy (non-hydrogen) atoms. The number of hydrogen-bond donors (Lipinski definition) is 0. The zero-order valence-corrected chi connectivity index (χ0v) is 33.5. The number of anilines is 6. The second-order valence-electron chi connectivity index (χ2n) is 14.0. The van der Waals surface area contributed by atoms with E-state index in [1.807, 2.05) is 72.8 Å². The molecule has 0 amide bonds. The smallest absolute Gasteiger partial charge is 0.119 e. The Labute approximate surface area is 348 Å². The maximum atomic E-state index is 6.32. The van der Waals surface area contributed by atoms with E-state index in [2.05, 4.69) is 131 Å². The molecule has 4 nitrogen and oxygen atoms in total. The number of fused-ring (bicyclic) bond motifs is 2. The summed E-state index contributed by atoms with van der Waals surface area (Å²) < 4.78 is 10.9. The van der Waals surface area contributed by atoms with Crippen LogP contribution in [-0.4, -0.2) is 14.2 Å². The van der Waals surface area contributed by atoms with Gasteiger partial charge in [-0.3, -0.25) is 0 Å². The summed E-state index contributed by atoms with van der Waals surface area (Å²) in [5, 5.41) is 6.16. The lowest BCUT2D eigenvalue weighted by Gasteiger charge is -2.26. The van der Waals surface area contributed by atoms with Crippen molar-refractivity contribution in [2.75, 3.05) is 24.0 Å². The van der Waals surface area contributed by atoms with Crippen LogP contribution in [0.5, 0.6) is 11.5 Å². The first-order chi connectivity index (χ1) is 28.5. The molecule has 0 unspecified atom stereocenters. The van der Waals surface area contributed by atoms with Crippen LogP contribution in [0.3, 0.4) is 0 Å². The maximum Gasteiger partial charge on any atom is 0.119 e. The number of ether oxygens (including phenoxy) is 2. The van der Waals surface area contributed by atoms with E-state index in [9.17, 15) is 0 Å². The molecule has 0 aliphatic carbocycles. The van der Waals surface area contributed by atoms with Crippen LogP contribution in [0.1, 0.15) is 0 Å². The minimum atomic E-state index is 0.695. The van der Waals surface area contributed by atoms with Gasteiger partial charge in [0, 0.05) is 44.2 Å². The monoisotopic (exact) mass is 792 g/mol. The van der Waals surface area contributed by atoms with Crippen LogP contribution in [-0.2, 0) is 0 Å². The van der Waals surface area contributed by atoms with Crippen molar-refractivity contribution in [2.45, 2.75) is 0 Å². The van der Waals surface area contributed by atoms with Crippen LogP contribution < -0.4 is 19.3 Å². The van der Waals surface area contributed by atoms with E-state index in [4.69, 9.17) is 32.7 Å². The molecule has 0 spiro atoms. The van der Waals surface area contributed by atoms with Crippen LogP contribution in [0.4, 0.5) is 34.1 Å². The normalized spacial score (nSPS) is 11.1. The molecule has 0 radical (unpaired) electrons. The summed E-state index contributed by atoms with van der Waals surface area (Å²) in [6, 6.07) is 67.3. The highest BCUT2D eigenvalue weighted by molar-refractivity contribution is 6.31. The number of halogens is 2. The molecule has 0 bridgehead atoms. The van der Waals surface area contributed by atoms with Crippen LogP contribution >= 0.6 is 23.2 Å². The molecular weight excluding hydrogens is 755 g/mol. The fraction of sp³-hybridized carbons (Fsp3) is 0.0385. The van der Waals surface area contributed by atoms with Gasteiger partial charge in [0.1, 0.15) is 11.5 Å². The van der Waals surface area contributed by atoms with Gasteiger partial charge in [0.25, 0.3) is 0 Å². The summed E-state index contributed by atoms with van der Waals surface area (Å²) in [6.07, 6.45) is 0. The lowest BCUT2D eigenvalue weighted by atomic mass is 9.86. The van der Waals surface area contributed by atoms with Gasteiger partial charge in [0.05, 0.1) is 14.2 Å². The van der Waals surface area contributed by atoms with Crippen molar-refractivity contribution in [1.29, 1.82) is 0 Å². The third-order valence-corrected chi connectivity index (χ3v) is 11.1. The number of rotatable bonds is 10. The third kappa shape index (κ3) is 7.09. The molecule has 0 N–H and O–H groups in total. The Bertz CT molecular complexity index is 2590. The minimum Gasteiger partial charge on any atom is -0.497 e. The van der Waals surface area contributed by atoms with Gasteiger partial charge < -0.3 is 19.3 Å². The molecule has 0 saturated heterocycles. The van der Waals surface area contributed by atoms with Crippen molar-refractivity contribution in [1.82, 2.24) is 0 Å². The Kier molecular flexibility index (Phi) is 10.2. The van der Waals surface area contributed by atoms with Gasteiger partial charge in [-0.1, -0.05) is 96.0 Å². The van der Waals surface area contributed by atoms with E-state index < -0.39 is 0 Å². The number of methoxy groups -OCH3 is 2. The number of hydrogen-bond acceptors (Lipinski definition) is 4. The molecule has 9 aromatic rings. The standard InChI is InChI=1S/C52H38Cl2N2O2/c1-57-45-31-27-43(28-32-45)55(41-23-15-37(53)16-24-41)39-19-11-35(12-20-39)51-47-7-3-5-9-49(47)52(50-10-6-4-8-48(50)51)36-13-21-40(22-14-36)56(42-25-17-38(54)18-26-42)44-29-33-46(58-2)34-30-44/h3-34H,1-2H3. The number of nitrogens with zero attached hydrogens (tertiary/aromatic N) is 2. The highest BCUT2D eigenvalue weighted by Gasteiger charge is 2.19. The van der Waals surface area contributed by atoms with Crippen molar-refractivity contribution in [3.63, 3.8) is 0 Å². The molecule has 0 aliphatic rings. The SMILES string of the molecule is COc1ccc(N(c2ccc(Cl)cc2)c2ccc(-c3c4ccccc4c(-c4ccc(N(c5ccc(Cl)cc5)c5ccc(OC)cc5)cc4)c4ccccc34)cc2)cc1. The summed E-state index contributed by atoms with van der Waals surface area (Å²) in [5.41, 5.74) is 10.8. The van der Waals surface area contributed by atoms with Crippen LogP contribution in [0, 0.1) is 0 Å². The number of benzene rings is 9. The van der Waals surface area contributed by atoms with Crippen molar-refractivity contribution in [3.05, 3.63) is 204 Å². The molecule has 0 aliphatic heterocycles. The van der Waals surface area contributed by atoms with Gasteiger partial charge in [-0.15, -0.1) is 0 Å². The summed E-state index contributed by atoms with van der Waals surface area (Å²) in [5.74, 6) is 1.61. The quantitative estimate of drug-likeness (QED) is 0.129. The highest BCUT2D eigenvalue weighted by Crippen LogP contribution is 2.46. The van der Waals surface area contributed by atoms with Crippen LogP contribution in [0.25, 0.3) is 43.8 Å². The second kappa shape index (κ2) is 16.0. The van der Waals surface area contributed by atoms with E-state index in [1.54, 1.807) is 14.2 Å². The largest absolute Gasteiger partial charge is 0.497 e. The van der Waals surface area contributed by atoms with Crippen molar-refractivity contribution >= 4 is 78.9 Å². The fourth-order valence-corrected chi connectivity index (χ4v) is 8.09. The lowest BCUT2D eigenvalue weighted by Crippen LogP contribution is -2.09. The molecule has 9 aromatic carbocycles. The molecule has 0 fully saturated rings. The Morgan fingerprint density at radius 2 is 0.552 bits per heavy atom. The van der Waals surface area contributed by atoms with Crippen molar-refractivity contribution in [2.24, 2.45) is 0 Å². The molecule has 9 rings (SSSR count). The Morgan fingerprint density at radius 3 is 0.810 bits per heavy atom. The average molecular weight is 794 g/mol. The van der Waals surface area contributed by atoms with Crippen molar-refractivity contribution < 1.29 is 9.47 Å². The maximum absolute atomic E-state index is 6.32. The molecule has 282 valence electrons. The first-order valence-corrected chi connectivity index (χ1v) is 19.8. The Morgan fingerprint density at radius 1 is 0.310 bits per heavy atom. The third-order valence-electron chi connectivity index (χ3n) is 10.6. The van der Waals surface area contributed by atoms with Gasteiger partial charge in [-0.05, 0) is 165 Å². The van der Waals surface area contributed by atoms with Gasteiger partial charge in [0.15, 0.2) is 0 Å². The fourth-order valence-electron chi connectivity index (χ4n) is 7.84. The predicted molar refractivity (Wildman–Crippen MR) is 245 cm³/mol.